The Morgan fingerprint density at radius 3 is 2.61 bits per heavy atom. The molecule has 6 nitrogen and oxygen atoms in total. The summed E-state index contributed by atoms with van der Waals surface area (Å²) in [7, 11) is 1.56. The van der Waals surface area contributed by atoms with Crippen molar-refractivity contribution in [3.05, 3.63) is 11.6 Å². The molecule has 0 aromatic rings. The Bertz CT molecular complexity index is 485. The van der Waals surface area contributed by atoms with Crippen LogP contribution in [0.4, 0.5) is 4.79 Å². The second-order valence-corrected chi connectivity index (χ2v) is 7.36. The lowest BCUT2D eigenvalue weighted by molar-refractivity contribution is -0.171. The van der Waals surface area contributed by atoms with Gasteiger partial charge in [0.2, 0.25) is 0 Å². The fourth-order valence-electron chi connectivity index (χ4n) is 4.00. The number of nitrogens with two attached hydrogens (primary N) is 1. The zero-order valence-corrected chi connectivity index (χ0v) is 14.7. The molecule has 132 valence electrons. The maximum atomic E-state index is 11.1. The van der Waals surface area contributed by atoms with Crippen LogP contribution in [0.25, 0.3) is 0 Å². The van der Waals surface area contributed by atoms with Gasteiger partial charge in [-0.2, -0.15) is 0 Å². The van der Waals surface area contributed by atoms with Gasteiger partial charge in [0.25, 0.3) is 0 Å². The zero-order chi connectivity index (χ0) is 17.4. The number of carbonyl (C=O) groups excluding carboxylic acids is 1. The minimum atomic E-state index is -0.952. The van der Waals surface area contributed by atoms with E-state index in [1.165, 1.54) is 5.57 Å². The van der Waals surface area contributed by atoms with Crippen molar-refractivity contribution in [2.75, 3.05) is 7.11 Å². The van der Waals surface area contributed by atoms with Gasteiger partial charge in [0.1, 0.15) is 17.8 Å². The summed E-state index contributed by atoms with van der Waals surface area (Å²) >= 11 is 0. The number of hydrogen-bond donors (Lipinski definition) is 2. The number of methoxy groups -OCH3 is 1. The third-order valence-corrected chi connectivity index (χ3v) is 5.18. The molecule has 0 aromatic heterocycles. The Morgan fingerprint density at radius 2 is 2.09 bits per heavy atom. The molecule has 23 heavy (non-hydrogen) atoms. The largest absolute Gasteiger partial charge is 0.444 e. The minimum absolute atomic E-state index is 0.0267. The molecular weight excluding hydrogens is 298 g/mol. The van der Waals surface area contributed by atoms with Gasteiger partial charge in [-0.05, 0) is 47.0 Å². The van der Waals surface area contributed by atoms with Crippen molar-refractivity contribution in [1.82, 2.24) is 0 Å². The van der Waals surface area contributed by atoms with E-state index in [-0.39, 0.29) is 12.0 Å². The van der Waals surface area contributed by atoms with Crippen LogP contribution in [0.3, 0.4) is 0 Å². The molecule has 0 aromatic carbocycles. The number of carbonyl (C=O) groups is 1. The average Bonchev–Trinajstić information content (AvgIpc) is 3.08. The van der Waals surface area contributed by atoms with Crippen molar-refractivity contribution in [1.29, 1.82) is 0 Å². The highest BCUT2D eigenvalue weighted by molar-refractivity contribution is 5.64. The van der Waals surface area contributed by atoms with Crippen molar-refractivity contribution in [3.63, 3.8) is 0 Å². The summed E-state index contributed by atoms with van der Waals surface area (Å²) in [6.45, 7) is 7.89. The predicted molar refractivity (Wildman–Crippen MR) is 85.9 cm³/mol. The van der Waals surface area contributed by atoms with Crippen LogP contribution in [0.5, 0.6) is 0 Å². The van der Waals surface area contributed by atoms with E-state index in [9.17, 15) is 9.90 Å². The third-order valence-electron chi connectivity index (χ3n) is 5.18. The van der Waals surface area contributed by atoms with Gasteiger partial charge in [-0.1, -0.05) is 11.6 Å². The first kappa shape index (κ1) is 18.2. The lowest BCUT2D eigenvalue weighted by Gasteiger charge is -2.47. The van der Waals surface area contributed by atoms with Crippen LogP contribution in [0.15, 0.2) is 11.6 Å². The van der Waals surface area contributed by atoms with E-state index in [0.29, 0.717) is 12.8 Å². The Balaban J connectivity index is 2.21. The molecular formula is C17H29NO5. The molecule has 0 spiro atoms. The molecule has 1 heterocycles. The first-order valence-corrected chi connectivity index (χ1v) is 8.14. The van der Waals surface area contributed by atoms with Crippen LogP contribution < -0.4 is 5.73 Å². The number of amides is 1. The molecule has 1 aliphatic carbocycles. The summed E-state index contributed by atoms with van der Waals surface area (Å²) < 4.78 is 16.8. The van der Waals surface area contributed by atoms with Crippen LogP contribution in [0.2, 0.25) is 0 Å². The highest BCUT2D eigenvalue weighted by Gasteiger charge is 2.66. The molecule has 0 unspecified atom stereocenters. The molecule has 0 radical (unpaired) electrons. The molecule has 1 saturated carbocycles. The molecule has 2 fully saturated rings. The quantitative estimate of drug-likeness (QED) is 0.596. The van der Waals surface area contributed by atoms with Gasteiger partial charge in [-0.15, -0.1) is 0 Å². The third kappa shape index (κ3) is 3.70. The molecule has 2 rings (SSSR count). The molecule has 1 aliphatic heterocycles. The maximum absolute atomic E-state index is 11.1. The van der Waals surface area contributed by atoms with Gasteiger partial charge in [0, 0.05) is 13.0 Å². The second-order valence-electron chi connectivity index (χ2n) is 7.36. The zero-order valence-electron chi connectivity index (χ0n) is 14.7. The summed E-state index contributed by atoms with van der Waals surface area (Å²) in [5.74, 6) is -0.298. The highest BCUT2D eigenvalue weighted by atomic mass is 16.6. The molecule has 1 saturated heterocycles. The van der Waals surface area contributed by atoms with Gasteiger partial charge < -0.3 is 25.1 Å². The number of rotatable bonds is 5. The van der Waals surface area contributed by atoms with Crippen LogP contribution in [-0.4, -0.2) is 47.8 Å². The Kier molecular flexibility index (Phi) is 5.09. The van der Waals surface area contributed by atoms with E-state index in [2.05, 4.69) is 6.08 Å². The van der Waals surface area contributed by atoms with Crippen molar-refractivity contribution in [2.24, 2.45) is 11.7 Å². The maximum Gasteiger partial charge on any atom is 0.404 e. The topological polar surface area (TPSA) is 94.3 Å². The number of allylic oxidation sites excluding steroid dienone is 1. The van der Waals surface area contributed by atoms with Gasteiger partial charge in [0.15, 0.2) is 0 Å². The summed E-state index contributed by atoms with van der Waals surface area (Å²) in [5.41, 5.74) is 4.94. The van der Waals surface area contributed by atoms with Crippen LogP contribution >= 0.6 is 0 Å². The van der Waals surface area contributed by atoms with E-state index in [1.807, 2.05) is 20.8 Å². The SMILES string of the molecule is CO[C@H]1[C@H]([C@@]2(C)O[C@@H]2CC=C(C)C)[C@](C)(O)CC[C@H]1OC(N)=O. The van der Waals surface area contributed by atoms with Crippen molar-refractivity contribution in [2.45, 2.75) is 76.5 Å². The first-order valence-electron chi connectivity index (χ1n) is 8.14. The Hall–Kier alpha value is -1.11. The standard InChI is InChI=1S/C17H29NO5/c1-10(2)6-7-12-17(4,23-12)14-13(21-5)11(22-15(18)19)8-9-16(14,3)20/h6,11-14,20H,7-9H2,1-5H3,(H2,18,19)/t11-,12-,13-,14+,16-,17+/m1/s1. The molecule has 1 amide bonds. The van der Waals surface area contributed by atoms with Gasteiger partial charge in [0.05, 0.1) is 11.7 Å². The molecule has 2 aliphatic rings. The number of hydrogen-bond acceptors (Lipinski definition) is 5. The fourth-order valence-corrected chi connectivity index (χ4v) is 4.00. The second kappa shape index (κ2) is 6.42. The van der Waals surface area contributed by atoms with Gasteiger partial charge >= 0.3 is 6.09 Å². The van der Waals surface area contributed by atoms with Gasteiger partial charge in [-0.3, -0.25) is 0 Å². The number of ether oxygens (including phenoxy) is 3. The van der Waals surface area contributed by atoms with E-state index in [1.54, 1.807) is 14.0 Å². The lowest BCUT2D eigenvalue weighted by atomic mass is 9.66. The van der Waals surface area contributed by atoms with Crippen molar-refractivity contribution < 1.29 is 24.1 Å². The average molecular weight is 327 g/mol. The molecule has 6 heteroatoms. The van der Waals surface area contributed by atoms with Crippen LogP contribution in [0, 0.1) is 5.92 Å². The van der Waals surface area contributed by atoms with E-state index in [0.717, 1.165) is 6.42 Å². The van der Waals surface area contributed by atoms with Crippen molar-refractivity contribution in [3.8, 4) is 0 Å². The lowest BCUT2D eigenvalue weighted by Crippen LogP contribution is -2.59. The summed E-state index contributed by atoms with van der Waals surface area (Å²) in [6.07, 6.45) is 2.24. The van der Waals surface area contributed by atoms with Crippen LogP contribution in [0.1, 0.15) is 47.0 Å². The summed E-state index contributed by atoms with van der Waals surface area (Å²) in [5, 5.41) is 10.9. The molecule has 6 atom stereocenters. The van der Waals surface area contributed by atoms with E-state index < -0.39 is 29.5 Å². The number of primary amides is 1. The molecule has 3 N–H and O–H groups in total. The van der Waals surface area contributed by atoms with Crippen LogP contribution in [-0.2, 0) is 14.2 Å². The predicted octanol–water partition coefficient (Wildman–Crippen LogP) is 2.14. The summed E-state index contributed by atoms with van der Waals surface area (Å²) in [6, 6.07) is 0. The number of aliphatic hydroxyl groups is 1. The fraction of sp³-hybridized carbons (Fsp3) is 0.824. The number of epoxide rings is 1. The highest BCUT2D eigenvalue weighted by Crippen LogP contribution is 2.54. The Morgan fingerprint density at radius 1 is 1.43 bits per heavy atom. The van der Waals surface area contributed by atoms with E-state index in [4.69, 9.17) is 19.9 Å². The van der Waals surface area contributed by atoms with Gasteiger partial charge in [-0.25, -0.2) is 4.79 Å². The summed E-state index contributed by atoms with van der Waals surface area (Å²) in [4.78, 5) is 11.1. The van der Waals surface area contributed by atoms with Crippen molar-refractivity contribution >= 4 is 6.09 Å². The monoisotopic (exact) mass is 327 g/mol. The molecule has 0 bridgehead atoms. The van der Waals surface area contributed by atoms with E-state index >= 15 is 0 Å². The first-order chi connectivity index (χ1) is 10.6. The normalized spacial score (nSPS) is 42.9. The smallest absolute Gasteiger partial charge is 0.404 e. The Labute approximate surface area is 138 Å². The minimum Gasteiger partial charge on any atom is -0.444 e.